The van der Waals surface area contributed by atoms with Crippen LogP contribution in [0.2, 0.25) is 0 Å². The molecule has 18 heavy (non-hydrogen) atoms. The normalized spacial score (nSPS) is 12.6. The number of rotatable bonds is 5. The van der Waals surface area contributed by atoms with E-state index in [9.17, 15) is 0 Å². The molecule has 0 bridgehead atoms. The lowest BCUT2D eigenvalue weighted by Crippen LogP contribution is -2.22. The molecule has 1 atom stereocenters. The monoisotopic (exact) mass is 245 g/mol. The minimum atomic E-state index is 0.250. The molecular weight excluding hydrogens is 226 g/mol. The third-order valence-electron chi connectivity index (χ3n) is 3.08. The second kappa shape index (κ2) is 5.78. The highest BCUT2D eigenvalue weighted by Gasteiger charge is 2.15. The molecule has 2 aromatic rings. The Hall–Kier alpha value is -1.68. The fourth-order valence-corrected chi connectivity index (χ4v) is 2.17. The summed E-state index contributed by atoms with van der Waals surface area (Å²) in [4.78, 5) is 4.30. The highest BCUT2D eigenvalue weighted by atomic mass is 16.5. The van der Waals surface area contributed by atoms with Crippen LogP contribution in [0.4, 0.5) is 0 Å². The van der Waals surface area contributed by atoms with Crippen molar-refractivity contribution in [2.75, 3.05) is 6.54 Å². The van der Waals surface area contributed by atoms with Gasteiger partial charge in [0, 0.05) is 36.5 Å². The van der Waals surface area contributed by atoms with Crippen LogP contribution in [-0.4, -0.2) is 16.7 Å². The first-order valence-corrected chi connectivity index (χ1v) is 6.24. The largest absolute Gasteiger partial charge is 0.361 e. The zero-order valence-corrected chi connectivity index (χ0v) is 11.1. The molecule has 0 amide bonds. The van der Waals surface area contributed by atoms with Crippen molar-refractivity contribution >= 4 is 0 Å². The molecule has 4 heteroatoms. The molecule has 0 radical (unpaired) electrons. The zero-order chi connectivity index (χ0) is 13.0. The van der Waals surface area contributed by atoms with E-state index in [2.05, 4.69) is 22.4 Å². The quantitative estimate of drug-likeness (QED) is 0.879. The Morgan fingerprint density at radius 1 is 1.33 bits per heavy atom. The lowest BCUT2D eigenvalue weighted by Gasteiger charge is -2.13. The summed E-state index contributed by atoms with van der Waals surface area (Å²) in [6.45, 7) is 6.95. The smallest absolute Gasteiger partial charge is 0.138 e. The Bertz CT molecular complexity index is 473. The molecule has 4 nitrogen and oxygen atoms in total. The Labute approximate surface area is 107 Å². The van der Waals surface area contributed by atoms with Gasteiger partial charge in [-0.3, -0.25) is 4.98 Å². The van der Waals surface area contributed by atoms with Gasteiger partial charge in [-0.1, -0.05) is 11.2 Å². The number of aryl methyl sites for hydroxylation is 2. The van der Waals surface area contributed by atoms with Crippen molar-refractivity contribution < 1.29 is 4.52 Å². The van der Waals surface area contributed by atoms with Crippen molar-refractivity contribution in [3.8, 4) is 0 Å². The first kappa shape index (κ1) is 12.8. The third kappa shape index (κ3) is 2.96. The number of pyridine rings is 1. The molecule has 2 heterocycles. The van der Waals surface area contributed by atoms with E-state index in [0.717, 1.165) is 35.7 Å². The molecular formula is C14H19N3O. The van der Waals surface area contributed by atoms with Gasteiger partial charge in [-0.2, -0.15) is 0 Å². The lowest BCUT2D eigenvalue weighted by atomic mass is 10.1. The van der Waals surface area contributed by atoms with Crippen LogP contribution in [0.1, 0.15) is 35.7 Å². The fourth-order valence-electron chi connectivity index (χ4n) is 2.17. The molecule has 0 aliphatic rings. The average Bonchev–Trinajstić information content (AvgIpc) is 2.70. The van der Waals surface area contributed by atoms with Gasteiger partial charge < -0.3 is 9.84 Å². The van der Waals surface area contributed by atoms with Gasteiger partial charge >= 0.3 is 0 Å². The molecule has 96 valence electrons. The molecule has 2 aromatic heterocycles. The van der Waals surface area contributed by atoms with E-state index < -0.39 is 0 Å². The van der Waals surface area contributed by atoms with E-state index in [4.69, 9.17) is 4.52 Å². The van der Waals surface area contributed by atoms with Crippen molar-refractivity contribution in [3.63, 3.8) is 0 Å². The summed E-state index contributed by atoms with van der Waals surface area (Å²) in [6.07, 6.45) is 2.75. The number of hydrogen-bond acceptors (Lipinski definition) is 4. The van der Waals surface area contributed by atoms with Crippen molar-refractivity contribution in [2.24, 2.45) is 0 Å². The fraction of sp³-hybridized carbons (Fsp3) is 0.429. The van der Waals surface area contributed by atoms with Gasteiger partial charge in [-0.05, 0) is 32.9 Å². The predicted molar refractivity (Wildman–Crippen MR) is 70.3 cm³/mol. The molecule has 0 saturated heterocycles. The molecule has 0 saturated carbocycles. The van der Waals surface area contributed by atoms with Crippen LogP contribution in [0.3, 0.4) is 0 Å². The minimum Gasteiger partial charge on any atom is -0.361 e. The second-order valence-corrected chi connectivity index (χ2v) is 4.48. The van der Waals surface area contributed by atoms with Gasteiger partial charge in [0.05, 0.1) is 5.69 Å². The van der Waals surface area contributed by atoms with Crippen LogP contribution in [0.25, 0.3) is 0 Å². The third-order valence-corrected chi connectivity index (χ3v) is 3.08. The summed E-state index contributed by atoms with van der Waals surface area (Å²) in [5.41, 5.74) is 3.23. The molecule has 0 aromatic carbocycles. The summed E-state index contributed by atoms with van der Waals surface area (Å²) >= 11 is 0. The summed E-state index contributed by atoms with van der Waals surface area (Å²) in [5, 5.41) is 7.45. The summed E-state index contributed by atoms with van der Waals surface area (Å²) in [7, 11) is 0. The second-order valence-electron chi connectivity index (χ2n) is 4.48. The number of aromatic nitrogens is 2. The predicted octanol–water partition coefficient (Wildman–Crippen LogP) is 2.58. The maximum absolute atomic E-state index is 5.18. The lowest BCUT2D eigenvalue weighted by molar-refractivity contribution is 0.390. The first-order valence-electron chi connectivity index (χ1n) is 6.24. The standard InChI is InChI=1S/C14H19N3O/c1-10(14-11(2)17-18-12(14)3)15-9-7-13-6-4-5-8-16-13/h4-6,8,10,15H,7,9H2,1-3H3. The van der Waals surface area contributed by atoms with E-state index in [1.807, 2.05) is 38.2 Å². The van der Waals surface area contributed by atoms with Crippen molar-refractivity contribution in [1.82, 2.24) is 15.5 Å². The van der Waals surface area contributed by atoms with Crippen molar-refractivity contribution in [1.29, 1.82) is 0 Å². The minimum absolute atomic E-state index is 0.250. The van der Waals surface area contributed by atoms with Gasteiger partial charge in [0.1, 0.15) is 5.76 Å². The van der Waals surface area contributed by atoms with E-state index in [1.54, 1.807) is 0 Å². The van der Waals surface area contributed by atoms with E-state index in [0.29, 0.717) is 0 Å². The SMILES string of the molecule is Cc1noc(C)c1C(C)NCCc1ccccn1. The van der Waals surface area contributed by atoms with Crippen LogP contribution < -0.4 is 5.32 Å². The Kier molecular flexibility index (Phi) is 4.10. The maximum atomic E-state index is 5.18. The van der Waals surface area contributed by atoms with Crippen molar-refractivity contribution in [2.45, 2.75) is 33.2 Å². The van der Waals surface area contributed by atoms with Gasteiger partial charge in [-0.25, -0.2) is 0 Å². The van der Waals surface area contributed by atoms with Crippen LogP contribution in [-0.2, 0) is 6.42 Å². The number of nitrogens with one attached hydrogen (secondary N) is 1. The zero-order valence-electron chi connectivity index (χ0n) is 11.1. The van der Waals surface area contributed by atoms with Gasteiger partial charge in [0.25, 0.3) is 0 Å². The molecule has 0 fully saturated rings. The molecule has 0 aliphatic carbocycles. The molecule has 1 N–H and O–H groups in total. The van der Waals surface area contributed by atoms with Gasteiger partial charge in [0.2, 0.25) is 0 Å². The summed E-state index contributed by atoms with van der Waals surface area (Å²) in [5.74, 6) is 0.894. The molecule has 1 unspecified atom stereocenters. The van der Waals surface area contributed by atoms with E-state index in [1.165, 1.54) is 0 Å². The van der Waals surface area contributed by atoms with Gasteiger partial charge in [-0.15, -0.1) is 0 Å². The van der Waals surface area contributed by atoms with E-state index >= 15 is 0 Å². The van der Waals surface area contributed by atoms with Crippen LogP contribution in [0.5, 0.6) is 0 Å². The Morgan fingerprint density at radius 3 is 2.78 bits per heavy atom. The van der Waals surface area contributed by atoms with E-state index in [-0.39, 0.29) is 6.04 Å². The van der Waals surface area contributed by atoms with Crippen LogP contribution >= 0.6 is 0 Å². The Morgan fingerprint density at radius 2 is 2.17 bits per heavy atom. The number of hydrogen-bond donors (Lipinski definition) is 1. The Balaban J connectivity index is 1.88. The number of nitrogens with zero attached hydrogens (tertiary/aromatic N) is 2. The highest BCUT2D eigenvalue weighted by Crippen LogP contribution is 2.20. The molecule has 0 spiro atoms. The summed E-state index contributed by atoms with van der Waals surface area (Å²) in [6, 6.07) is 6.24. The van der Waals surface area contributed by atoms with Crippen LogP contribution in [0.15, 0.2) is 28.9 Å². The first-order chi connectivity index (χ1) is 8.68. The molecule has 2 rings (SSSR count). The van der Waals surface area contributed by atoms with Crippen LogP contribution in [0, 0.1) is 13.8 Å². The average molecular weight is 245 g/mol. The van der Waals surface area contributed by atoms with Gasteiger partial charge in [0.15, 0.2) is 0 Å². The van der Waals surface area contributed by atoms with Crippen molar-refractivity contribution in [3.05, 3.63) is 47.1 Å². The maximum Gasteiger partial charge on any atom is 0.138 e. The highest BCUT2D eigenvalue weighted by molar-refractivity contribution is 5.24. The molecule has 0 aliphatic heterocycles. The topological polar surface area (TPSA) is 51.0 Å². The summed E-state index contributed by atoms with van der Waals surface area (Å²) < 4.78 is 5.18.